The number of nitrogens with zero attached hydrogens (tertiary/aromatic N) is 1. The Bertz CT molecular complexity index is 956. The molecule has 0 radical (unpaired) electrons. The standard InChI is InChI=1S/C26H33NO5/c1-16-15-26-19-5-3-11-27(26)12-4-6-20(26)22(14-18(19)25(16)30)32-24(29)10-8-17-7-9-21(28)23(13-17)31-2/h5,7-10,13,16,18,20,22,25,28,30H,3-4,6,11-12,14-15H2,1-2H3/b10-8+/t16-,18+,20+,22+,25+,26-/m0/s1. The lowest BCUT2D eigenvalue weighted by Gasteiger charge is -2.65. The third kappa shape index (κ3) is 3.35. The molecule has 6 heteroatoms. The quantitative estimate of drug-likeness (QED) is 0.425. The number of hydrogen-bond acceptors (Lipinski definition) is 6. The summed E-state index contributed by atoms with van der Waals surface area (Å²) in [5.74, 6) is 0.658. The molecular weight excluding hydrogens is 406 g/mol. The molecule has 2 N–H and O–H groups in total. The molecule has 1 aromatic carbocycles. The first-order chi connectivity index (χ1) is 15.4. The minimum atomic E-state index is -0.379. The number of aliphatic hydroxyl groups is 1. The molecule has 6 atom stereocenters. The van der Waals surface area contributed by atoms with E-state index in [9.17, 15) is 15.0 Å². The Kier molecular flexibility index (Phi) is 5.54. The van der Waals surface area contributed by atoms with Gasteiger partial charge in [0.05, 0.1) is 13.2 Å². The molecule has 0 aromatic heterocycles. The van der Waals surface area contributed by atoms with Crippen molar-refractivity contribution in [3.05, 3.63) is 41.5 Å². The maximum Gasteiger partial charge on any atom is 0.331 e. The predicted octanol–water partition coefficient (Wildman–Crippen LogP) is 3.53. The molecule has 0 unspecified atom stereocenters. The predicted molar refractivity (Wildman–Crippen MR) is 121 cm³/mol. The molecule has 5 rings (SSSR count). The van der Waals surface area contributed by atoms with E-state index in [1.807, 2.05) is 0 Å². The largest absolute Gasteiger partial charge is 0.504 e. The van der Waals surface area contributed by atoms with Gasteiger partial charge in [-0.1, -0.05) is 19.1 Å². The van der Waals surface area contributed by atoms with Crippen molar-refractivity contribution in [1.29, 1.82) is 0 Å². The fraction of sp³-hybridized carbons (Fsp3) is 0.577. The van der Waals surface area contributed by atoms with Crippen LogP contribution in [0.2, 0.25) is 0 Å². The Hall–Kier alpha value is -2.31. The SMILES string of the molecule is COc1cc(/C=C/C(=O)O[C@@H]2C[C@@H]3C4=CCCN5CCC[C@H]2[C@]45C[C@H](C)[C@H]3O)ccc1O. The van der Waals surface area contributed by atoms with E-state index in [4.69, 9.17) is 9.47 Å². The minimum absolute atomic E-state index is 0.0585. The summed E-state index contributed by atoms with van der Waals surface area (Å²) in [7, 11) is 1.49. The van der Waals surface area contributed by atoms with E-state index >= 15 is 0 Å². The zero-order valence-corrected chi connectivity index (χ0v) is 18.9. The van der Waals surface area contributed by atoms with E-state index < -0.39 is 0 Å². The van der Waals surface area contributed by atoms with E-state index in [0.717, 1.165) is 44.3 Å². The van der Waals surface area contributed by atoms with E-state index in [1.54, 1.807) is 24.3 Å². The molecule has 2 bridgehead atoms. The number of esters is 1. The van der Waals surface area contributed by atoms with Crippen LogP contribution in [0.15, 0.2) is 35.9 Å². The van der Waals surface area contributed by atoms with Crippen LogP contribution in [0.5, 0.6) is 11.5 Å². The van der Waals surface area contributed by atoms with Crippen LogP contribution in [0.1, 0.15) is 44.6 Å². The van der Waals surface area contributed by atoms with Crippen molar-refractivity contribution in [1.82, 2.24) is 4.90 Å². The summed E-state index contributed by atoms with van der Waals surface area (Å²) in [4.78, 5) is 15.4. The van der Waals surface area contributed by atoms with Gasteiger partial charge < -0.3 is 19.7 Å². The van der Waals surface area contributed by atoms with Crippen LogP contribution in [-0.2, 0) is 9.53 Å². The Morgan fingerprint density at radius 1 is 1.31 bits per heavy atom. The zero-order valence-electron chi connectivity index (χ0n) is 18.9. The monoisotopic (exact) mass is 439 g/mol. The van der Waals surface area contributed by atoms with Gasteiger partial charge in [0.25, 0.3) is 0 Å². The Morgan fingerprint density at radius 2 is 2.16 bits per heavy atom. The lowest BCUT2D eigenvalue weighted by atomic mass is 9.51. The Morgan fingerprint density at radius 3 is 2.97 bits per heavy atom. The van der Waals surface area contributed by atoms with Gasteiger partial charge in [0.15, 0.2) is 11.5 Å². The first-order valence-electron chi connectivity index (χ1n) is 11.8. The first-order valence-corrected chi connectivity index (χ1v) is 11.8. The number of aliphatic hydroxyl groups excluding tert-OH is 1. The molecule has 2 saturated carbocycles. The third-order valence-electron chi connectivity index (χ3n) is 8.23. The molecule has 0 amide bonds. The molecule has 2 aliphatic heterocycles. The summed E-state index contributed by atoms with van der Waals surface area (Å²) in [6.45, 7) is 4.31. The second-order valence-electron chi connectivity index (χ2n) is 9.86. The fourth-order valence-electron chi connectivity index (χ4n) is 6.95. The van der Waals surface area contributed by atoms with Crippen molar-refractivity contribution >= 4 is 12.0 Å². The summed E-state index contributed by atoms with van der Waals surface area (Å²) in [6, 6.07) is 4.95. The van der Waals surface area contributed by atoms with Gasteiger partial charge >= 0.3 is 5.97 Å². The summed E-state index contributed by atoms with van der Waals surface area (Å²) < 4.78 is 11.2. The molecule has 1 saturated heterocycles. The fourth-order valence-corrected chi connectivity index (χ4v) is 6.95. The molecular formula is C26H33NO5. The number of carbonyl (C=O) groups is 1. The summed E-state index contributed by atoms with van der Waals surface area (Å²) >= 11 is 0. The number of phenols is 1. The van der Waals surface area contributed by atoms with E-state index in [-0.39, 0.29) is 47.2 Å². The lowest BCUT2D eigenvalue weighted by Crippen LogP contribution is -2.70. The average Bonchev–Trinajstić information content (AvgIpc) is 2.79. The molecule has 4 aliphatic rings. The number of methoxy groups -OCH3 is 1. The maximum absolute atomic E-state index is 12.8. The maximum atomic E-state index is 12.8. The highest BCUT2D eigenvalue weighted by molar-refractivity contribution is 5.87. The van der Waals surface area contributed by atoms with E-state index in [1.165, 1.54) is 18.8 Å². The molecule has 1 spiro atoms. The van der Waals surface area contributed by atoms with Crippen LogP contribution >= 0.6 is 0 Å². The highest BCUT2D eigenvalue weighted by Gasteiger charge is 2.62. The highest BCUT2D eigenvalue weighted by atomic mass is 16.5. The minimum Gasteiger partial charge on any atom is -0.504 e. The van der Waals surface area contributed by atoms with Crippen molar-refractivity contribution in [2.45, 2.75) is 56.8 Å². The number of rotatable bonds is 4. The average molecular weight is 440 g/mol. The lowest BCUT2D eigenvalue weighted by molar-refractivity contribution is -0.171. The second kappa shape index (κ2) is 8.23. The van der Waals surface area contributed by atoms with Gasteiger partial charge in [-0.05, 0) is 73.9 Å². The topological polar surface area (TPSA) is 79.2 Å². The van der Waals surface area contributed by atoms with Crippen molar-refractivity contribution < 1.29 is 24.5 Å². The summed E-state index contributed by atoms with van der Waals surface area (Å²) in [5.41, 5.74) is 2.11. The number of carbonyl (C=O) groups excluding carboxylic acids is 1. The van der Waals surface area contributed by atoms with Crippen LogP contribution in [-0.4, -0.2) is 59.0 Å². The normalized spacial score (nSPS) is 36.3. The molecule has 3 fully saturated rings. The zero-order chi connectivity index (χ0) is 22.5. The number of hydrogen-bond donors (Lipinski definition) is 2. The van der Waals surface area contributed by atoms with E-state index in [0.29, 0.717) is 12.2 Å². The van der Waals surface area contributed by atoms with Crippen molar-refractivity contribution in [2.75, 3.05) is 20.2 Å². The van der Waals surface area contributed by atoms with Gasteiger partial charge in [-0.15, -0.1) is 0 Å². The molecule has 172 valence electrons. The van der Waals surface area contributed by atoms with Crippen molar-refractivity contribution in [3.63, 3.8) is 0 Å². The second-order valence-corrected chi connectivity index (χ2v) is 9.86. The molecule has 32 heavy (non-hydrogen) atoms. The number of ether oxygens (including phenoxy) is 2. The van der Waals surface area contributed by atoms with Gasteiger partial charge in [-0.2, -0.15) is 0 Å². The smallest absolute Gasteiger partial charge is 0.331 e. The molecule has 1 aromatic rings. The first kappa shape index (κ1) is 21.5. The molecule has 2 heterocycles. The third-order valence-corrected chi connectivity index (χ3v) is 8.23. The number of piperidine rings is 1. The van der Waals surface area contributed by atoms with E-state index in [2.05, 4.69) is 17.9 Å². The van der Waals surface area contributed by atoms with Crippen LogP contribution in [0.3, 0.4) is 0 Å². The molecule has 2 aliphatic carbocycles. The van der Waals surface area contributed by atoms with Gasteiger partial charge in [0.2, 0.25) is 0 Å². The number of phenolic OH excluding ortho intramolecular Hbond substituents is 1. The van der Waals surface area contributed by atoms with Gasteiger partial charge in [0.1, 0.15) is 6.10 Å². The van der Waals surface area contributed by atoms with Gasteiger partial charge in [0, 0.05) is 30.0 Å². The number of aromatic hydroxyl groups is 1. The van der Waals surface area contributed by atoms with Crippen LogP contribution in [0.4, 0.5) is 0 Å². The summed E-state index contributed by atoms with van der Waals surface area (Å²) in [5, 5.41) is 20.8. The Balaban J connectivity index is 1.38. The Labute approximate surface area is 189 Å². The van der Waals surface area contributed by atoms with Crippen LogP contribution < -0.4 is 4.74 Å². The molecule has 6 nitrogen and oxygen atoms in total. The van der Waals surface area contributed by atoms with Gasteiger partial charge in [-0.25, -0.2) is 4.79 Å². The number of benzene rings is 1. The highest BCUT2D eigenvalue weighted by Crippen LogP contribution is 2.59. The summed E-state index contributed by atoms with van der Waals surface area (Å²) in [6.07, 6.45) is 9.81. The van der Waals surface area contributed by atoms with Crippen LogP contribution in [0.25, 0.3) is 6.08 Å². The van der Waals surface area contributed by atoms with Crippen molar-refractivity contribution in [3.8, 4) is 11.5 Å². The van der Waals surface area contributed by atoms with Crippen molar-refractivity contribution in [2.24, 2.45) is 17.8 Å². The van der Waals surface area contributed by atoms with Crippen LogP contribution in [0, 0.1) is 17.8 Å². The van der Waals surface area contributed by atoms with Gasteiger partial charge in [-0.3, -0.25) is 4.90 Å².